The Morgan fingerprint density at radius 1 is 1.26 bits per heavy atom. The Morgan fingerprint density at radius 3 is 2.44 bits per heavy atom. The zero-order chi connectivity index (χ0) is 19.0. The van der Waals surface area contributed by atoms with Crippen molar-refractivity contribution in [3.05, 3.63) is 41.9 Å². The van der Waals surface area contributed by atoms with Crippen molar-refractivity contribution >= 4 is 11.6 Å². The van der Waals surface area contributed by atoms with Crippen LogP contribution in [0.25, 0.3) is 0 Å². The lowest BCUT2D eigenvalue weighted by Crippen LogP contribution is -2.56. The van der Waals surface area contributed by atoms with Gasteiger partial charge in [0.25, 0.3) is 5.91 Å². The van der Waals surface area contributed by atoms with Crippen LogP contribution in [0, 0.1) is 40.3 Å². The van der Waals surface area contributed by atoms with E-state index in [2.05, 4.69) is 17.6 Å². The Labute approximate surface area is 159 Å². The summed E-state index contributed by atoms with van der Waals surface area (Å²) in [5, 5.41) is 15.3. The molecule has 0 saturated heterocycles. The molecule has 1 amide bonds. The predicted molar refractivity (Wildman–Crippen MR) is 102 cm³/mol. The van der Waals surface area contributed by atoms with Crippen LogP contribution in [0.5, 0.6) is 0 Å². The Hall–Kier alpha value is -2.35. The Balaban J connectivity index is 1.43. The standard InChI is InChI=1S/C22H26FN3O/c1-14(22-9-15-5-16(10-22)7-17(6-15)11-22)26-21(27)18(12-24)13-25-20-4-2-3-19(23)8-20/h2-4,8,13-17,25H,5-7,9-11H2,1H3,(H,26,27)/b18-13-. The molecule has 0 aromatic heterocycles. The highest BCUT2D eigenvalue weighted by Gasteiger charge is 2.53. The molecule has 4 fully saturated rings. The van der Waals surface area contributed by atoms with Crippen LogP contribution < -0.4 is 10.6 Å². The minimum absolute atomic E-state index is 0.0100. The highest BCUT2D eigenvalue weighted by atomic mass is 19.1. The molecule has 5 heteroatoms. The van der Waals surface area contributed by atoms with Gasteiger partial charge in [-0.1, -0.05) is 6.07 Å². The second-order valence-corrected chi connectivity index (χ2v) is 8.80. The number of carbonyl (C=O) groups excluding carboxylic acids is 1. The molecule has 0 heterocycles. The molecule has 1 atom stereocenters. The van der Waals surface area contributed by atoms with Gasteiger partial charge in [0.2, 0.25) is 0 Å². The summed E-state index contributed by atoms with van der Waals surface area (Å²) in [6, 6.07) is 7.95. The van der Waals surface area contributed by atoms with Gasteiger partial charge in [-0.3, -0.25) is 4.79 Å². The van der Waals surface area contributed by atoms with E-state index in [9.17, 15) is 14.4 Å². The normalized spacial score (nSPS) is 32.6. The fraction of sp³-hybridized carbons (Fsp3) is 0.545. The molecule has 4 bridgehead atoms. The number of amides is 1. The number of nitrogens with zero attached hydrogens (tertiary/aromatic N) is 1. The maximum absolute atomic E-state index is 13.3. The number of hydrogen-bond donors (Lipinski definition) is 2. The second kappa shape index (κ2) is 6.99. The van der Waals surface area contributed by atoms with E-state index in [-0.39, 0.29) is 28.8 Å². The molecule has 142 valence electrons. The molecule has 4 nitrogen and oxygen atoms in total. The van der Waals surface area contributed by atoms with Crippen LogP contribution in [-0.4, -0.2) is 11.9 Å². The fourth-order valence-corrected chi connectivity index (χ4v) is 6.02. The van der Waals surface area contributed by atoms with E-state index in [0.717, 1.165) is 17.8 Å². The van der Waals surface area contributed by atoms with Crippen molar-refractivity contribution in [3.63, 3.8) is 0 Å². The van der Waals surface area contributed by atoms with Crippen molar-refractivity contribution in [1.29, 1.82) is 5.26 Å². The van der Waals surface area contributed by atoms with Crippen LogP contribution in [0.4, 0.5) is 10.1 Å². The van der Waals surface area contributed by atoms with Crippen LogP contribution in [0.15, 0.2) is 36.0 Å². The number of nitriles is 1. The molecule has 0 radical (unpaired) electrons. The van der Waals surface area contributed by atoms with E-state index >= 15 is 0 Å². The molecular formula is C22H26FN3O. The van der Waals surface area contributed by atoms with Gasteiger partial charge < -0.3 is 10.6 Å². The lowest BCUT2D eigenvalue weighted by molar-refractivity contribution is -0.122. The molecule has 5 rings (SSSR count). The third kappa shape index (κ3) is 3.58. The van der Waals surface area contributed by atoms with Crippen LogP contribution in [0.3, 0.4) is 0 Å². The number of rotatable bonds is 5. The van der Waals surface area contributed by atoms with Gasteiger partial charge in [0.05, 0.1) is 0 Å². The zero-order valence-corrected chi connectivity index (χ0v) is 15.7. The maximum Gasteiger partial charge on any atom is 0.263 e. The quantitative estimate of drug-likeness (QED) is 0.600. The zero-order valence-electron chi connectivity index (χ0n) is 15.7. The average molecular weight is 367 g/mol. The molecule has 2 N–H and O–H groups in total. The van der Waals surface area contributed by atoms with Crippen molar-refractivity contribution in [2.45, 2.75) is 51.5 Å². The Morgan fingerprint density at radius 2 is 1.89 bits per heavy atom. The first-order chi connectivity index (χ1) is 13.0. The Kier molecular flexibility index (Phi) is 4.67. The molecule has 1 aromatic rings. The smallest absolute Gasteiger partial charge is 0.263 e. The molecule has 4 aliphatic rings. The predicted octanol–water partition coefficient (Wildman–Crippen LogP) is 4.37. The van der Waals surface area contributed by atoms with E-state index in [1.807, 2.05) is 6.07 Å². The summed E-state index contributed by atoms with van der Waals surface area (Å²) in [7, 11) is 0. The number of hydrogen-bond acceptors (Lipinski definition) is 3. The summed E-state index contributed by atoms with van der Waals surface area (Å²) in [5.74, 6) is 1.72. The topological polar surface area (TPSA) is 64.9 Å². The first kappa shape index (κ1) is 18.0. The van der Waals surface area contributed by atoms with Gasteiger partial charge in [-0.05, 0) is 86.8 Å². The van der Waals surface area contributed by atoms with E-state index in [4.69, 9.17) is 0 Å². The molecule has 0 spiro atoms. The van der Waals surface area contributed by atoms with Crippen LogP contribution >= 0.6 is 0 Å². The number of halogens is 1. The monoisotopic (exact) mass is 367 g/mol. The van der Waals surface area contributed by atoms with Gasteiger partial charge in [0, 0.05) is 17.9 Å². The van der Waals surface area contributed by atoms with E-state index < -0.39 is 0 Å². The highest BCUT2D eigenvalue weighted by Crippen LogP contribution is 2.61. The average Bonchev–Trinajstić information content (AvgIpc) is 2.61. The highest BCUT2D eigenvalue weighted by molar-refractivity contribution is 5.97. The first-order valence-corrected chi connectivity index (χ1v) is 9.91. The minimum atomic E-state index is -0.369. The molecule has 4 saturated carbocycles. The lowest BCUT2D eigenvalue weighted by Gasteiger charge is -2.59. The molecule has 27 heavy (non-hydrogen) atoms. The van der Waals surface area contributed by atoms with E-state index in [1.165, 1.54) is 56.9 Å². The number of benzene rings is 1. The van der Waals surface area contributed by atoms with Crippen molar-refractivity contribution in [1.82, 2.24) is 5.32 Å². The Bertz CT molecular complexity index is 775. The van der Waals surface area contributed by atoms with Crippen LogP contribution in [0.1, 0.15) is 45.4 Å². The summed E-state index contributed by atoms with van der Waals surface area (Å²) in [4.78, 5) is 12.6. The number of anilines is 1. The van der Waals surface area contributed by atoms with E-state index in [0.29, 0.717) is 5.69 Å². The van der Waals surface area contributed by atoms with Gasteiger partial charge >= 0.3 is 0 Å². The largest absolute Gasteiger partial charge is 0.360 e. The molecule has 1 unspecified atom stereocenters. The maximum atomic E-state index is 13.3. The van der Waals surface area contributed by atoms with Gasteiger partial charge in [0.1, 0.15) is 17.5 Å². The number of nitrogens with one attached hydrogen (secondary N) is 2. The second-order valence-electron chi connectivity index (χ2n) is 8.80. The van der Waals surface area contributed by atoms with Crippen molar-refractivity contribution in [3.8, 4) is 6.07 Å². The van der Waals surface area contributed by atoms with Gasteiger partial charge in [-0.15, -0.1) is 0 Å². The first-order valence-electron chi connectivity index (χ1n) is 9.91. The van der Waals surface area contributed by atoms with E-state index in [1.54, 1.807) is 12.1 Å². The lowest BCUT2D eigenvalue weighted by atomic mass is 9.48. The van der Waals surface area contributed by atoms with Crippen molar-refractivity contribution in [2.75, 3.05) is 5.32 Å². The SMILES string of the molecule is CC(NC(=O)/C(C#N)=C\Nc1cccc(F)c1)C12CC3CC(CC(C3)C1)C2. The minimum Gasteiger partial charge on any atom is -0.360 e. The van der Waals surface area contributed by atoms with Crippen LogP contribution in [0.2, 0.25) is 0 Å². The summed E-state index contributed by atoms with van der Waals surface area (Å²) >= 11 is 0. The fourth-order valence-electron chi connectivity index (χ4n) is 6.02. The molecular weight excluding hydrogens is 341 g/mol. The summed E-state index contributed by atoms with van der Waals surface area (Å²) in [5.41, 5.74) is 0.710. The summed E-state index contributed by atoms with van der Waals surface area (Å²) in [6.45, 7) is 2.10. The molecule has 1 aromatic carbocycles. The van der Waals surface area contributed by atoms with Crippen molar-refractivity contribution in [2.24, 2.45) is 23.2 Å². The number of carbonyl (C=O) groups is 1. The summed E-state index contributed by atoms with van der Waals surface area (Å²) < 4.78 is 13.3. The third-order valence-corrected chi connectivity index (χ3v) is 6.92. The van der Waals surface area contributed by atoms with Gasteiger partial charge in [-0.2, -0.15) is 5.26 Å². The summed E-state index contributed by atoms with van der Waals surface area (Å²) in [6.07, 6.45) is 9.05. The van der Waals surface area contributed by atoms with Crippen molar-refractivity contribution < 1.29 is 9.18 Å². The molecule has 0 aliphatic heterocycles. The van der Waals surface area contributed by atoms with Gasteiger partial charge in [0.15, 0.2) is 0 Å². The molecule has 4 aliphatic carbocycles. The third-order valence-electron chi connectivity index (χ3n) is 6.92. The van der Waals surface area contributed by atoms with Gasteiger partial charge in [-0.25, -0.2) is 4.39 Å². The van der Waals surface area contributed by atoms with Crippen LogP contribution in [-0.2, 0) is 4.79 Å².